The number of ether oxygens (including phenoxy) is 4. The van der Waals surface area contributed by atoms with Gasteiger partial charge in [-0.05, 0) is 42.0 Å². The van der Waals surface area contributed by atoms with Gasteiger partial charge in [0.2, 0.25) is 11.9 Å². The Balaban J connectivity index is 1.65. The lowest BCUT2D eigenvalue weighted by Crippen LogP contribution is -2.16. The first-order valence-electron chi connectivity index (χ1n) is 11.1. The molecule has 0 aliphatic heterocycles. The van der Waals surface area contributed by atoms with Crippen molar-refractivity contribution in [2.24, 2.45) is 5.73 Å². The molecular formula is C24H32N6O4. The number of hydrogen-bond acceptors (Lipinski definition) is 10. The van der Waals surface area contributed by atoms with E-state index in [0.29, 0.717) is 63.8 Å². The number of benzene rings is 2. The van der Waals surface area contributed by atoms with Gasteiger partial charge in [-0.3, -0.25) is 0 Å². The zero-order valence-electron chi connectivity index (χ0n) is 19.6. The fourth-order valence-corrected chi connectivity index (χ4v) is 2.97. The number of nitrogens with one attached hydrogen (secondary N) is 2. The van der Waals surface area contributed by atoms with Crippen molar-refractivity contribution in [3.8, 4) is 22.9 Å². The van der Waals surface area contributed by atoms with Crippen LogP contribution >= 0.6 is 0 Å². The molecule has 2 aromatic carbocycles. The first-order valence-corrected chi connectivity index (χ1v) is 11.1. The Kier molecular flexibility index (Phi) is 10.3. The molecule has 0 fully saturated rings. The van der Waals surface area contributed by atoms with Gasteiger partial charge < -0.3 is 35.3 Å². The van der Waals surface area contributed by atoms with Crippen LogP contribution in [0.4, 0.5) is 11.9 Å². The Morgan fingerprint density at radius 2 is 1.29 bits per heavy atom. The fourth-order valence-electron chi connectivity index (χ4n) is 2.97. The van der Waals surface area contributed by atoms with E-state index in [0.717, 1.165) is 22.6 Å². The number of nitrogens with zero attached hydrogens (tertiary/aromatic N) is 3. The molecule has 182 valence electrons. The lowest BCUT2D eigenvalue weighted by molar-refractivity contribution is 0.0547. The molecule has 10 heteroatoms. The number of methoxy groups -OCH3 is 2. The van der Waals surface area contributed by atoms with E-state index in [9.17, 15) is 0 Å². The minimum absolute atomic E-state index is 0.459. The van der Waals surface area contributed by atoms with Crippen LogP contribution in [0.1, 0.15) is 5.56 Å². The topological polar surface area (TPSA) is 126 Å². The molecule has 34 heavy (non-hydrogen) atoms. The number of nitrogens with two attached hydrogens (primary N) is 1. The minimum atomic E-state index is 0.459. The van der Waals surface area contributed by atoms with E-state index in [-0.39, 0.29) is 0 Å². The molecule has 3 rings (SSSR count). The van der Waals surface area contributed by atoms with Crippen LogP contribution in [0.5, 0.6) is 11.5 Å². The summed E-state index contributed by atoms with van der Waals surface area (Å²) >= 11 is 0. The SMILES string of the molecule is COc1ccc(CNc2nc(NCCOCCOCCN)nc(-c3ccc(OC)cc3)n2)cc1. The van der Waals surface area contributed by atoms with Crippen molar-refractivity contribution in [2.45, 2.75) is 6.54 Å². The third-order valence-electron chi connectivity index (χ3n) is 4.76. The average Bonchev–Trinajstić information content (AvgIpc) is 2.89. The van der Waals surface area contributed by atoms with Crippen molar-refractivity contribution in [1.82, 2.24) is 15.0 Å². The average molecular weight is 469 g/mol. The van der Waals surface area contributed by atoms with Gasteiger partial charge in [0.15, 0.2) is 5.82 Å². The van der Waals surface area contributed by atoms with Crippen LogP contribution < -0.4 is 25.8 Å². The van der Waals surface area contributed by atoms with Gasteiger partial charge in [0.05, 0.1) is 40.6 Å². The second kappa shape index (κ2) is 13.9. The summed E-state index contributed by atoms with van der Waals surface area (Å²) in [5.41, 5.74) is 7.32. The second-order valence-corrected chi connectivity index (χ2v) is 7.18. The van der Waals surface area contributed by atoms with Gasteiger partial charge in [-0.15, -0.1) is 0 Å². The van der Waals surface area contributed by atoms with Crippen LogP contribution in [-0.4, -0.2) is 68.7 Å². The zero-order valence-corrected chi connectivity index (χ0v) is 19.6. The molecule has 0 bridgehead atoms. The molecule has 0 spiro atoms. The Morgan fingerprint density at radius 1 is 0.706 bits per heavy atom. The summed E-state index contributed by atoms with van der Waals surface area (Å²) in [6.45, 7) is 3.65. The predicted molar refractivity (Wildman–Crippen MR) is 131 cm³/mol. The second-order valence-electron chi connectivity index (χ2n) is 7.18. The third kappa shape index (κ3) is 8.14. The smallest absolute Gasteiger partial charge is 0.228 e. The standard InChI is InChI=1S/C24H32N6O4/c1-31-20-7-3-18(4-8-20)17-27-24-29-22(19-5-9-21(32-2)10-6-19)28-23(30-24)26-12-14-34-16-15-33-13-11-25/h3-10H,11-17,25H2,1-2H3,(H2,26,27,28,29,30). The normalized spacial score (nSPS) is 10.7. The summed E-state index contributed by atoms with van der Waals surface area (Å²) in [5.74, 6) is 3.05. The highest BCUT2D eigenvalue weighted by molar-refractivity contribution is 5.59. The van der Waals surface area contributed by atoms with Gasteiger partial charge in [0.1, 0.15) is 11.5 Å². The van der Waals surface area contributed by atoms with E-state index in [4.69, 9.17) is 24.7 Å². The van der Waals surface area contributed by atoms with E-state index in [1.54, 1.807) is 14.2 Å². The number of hydrogen-bond donors (Lipinski definition) is 3. The minimum Gasteiger partial charge on any atom is -0.497 e. The van der Waals surface area contributed by atoms with E-state index in [1.165, 1.54) is 0 Å². The molecular weight excluding hydrogens is 436 g/mol. The lowest BCUT2D eigenvalue weighted by Gasteiger charge is -2.11. The first kappa shape index (κ1) is 25.2. The van der Waals surface area contributed by atoms with Crippen molar-refractivity contribution in [3.63, 3.8) is 0 Å². The Bertz CT molecular complexity index is 986. The van der Waals surface area contributed by atoms with Crippen LogP contribution in [0, 0.1) is 0 Å². The quantitative estimate of drug-likeness (QED) is 0.287. The summed E-state index contributed by atoms with van der Waals surface area (Å²) < 4.78 is 21.3. The van der Waals surface area contributed by atoms with Gasteiger partial charge in [-0.25, -0.2) is 0 Å². The first-order chi connectivity index (χ1) is 16.7. The van der Waals surface area contributed by atoms with Crippen LogP contribution in [0.2, 0.25) is 0 Å². The van der Waals surface area contributed by atoms with Crippen molar-refractivity contribution < 1.29 is 18.9 Å². The van der Waals surface area contributed by atoms with E-state index in [1.807, 2.05) is 48.5 Å². The molecule has 0 aliphatic rings. The summed E-state index contributed by atoms with van der Waals surface area (Å²) in [4.78, 5) is 13.7. The summed E-state index contributed by atoms with van der Waals surface area (Å²) in [5, 5.41) is 6.48. The van der Waals surface area contributed by atoms with Crippen LogP contribution in [0.15, 0.2) is 48.5 Å². The summed E-state index contributed by atoms with van der Waals surface area (Å²) in [7, 11) is 3.28. The molecule has 1 heterocycles. The molecule has 0 saturated carbocycles. The van der Waals surface area contributed by atoms with E-state index in [2.05, 4.69) is 25.6 Å². The van der Waals surface area contributed by atoms with Gasteiger partial charge in [0, 0.05) is 25.2 Å². The van der Waals surface area contributed by atoms with Gasteiger partial charge in [-0.1, -0.05) is 12.1 Å². The molecule has 0 amide bonds. The van der Waals surface area contributed by atoms with Crippen molar-refractivity contribution >= 4 is 11.9 Å². The van der Waals surface area contributed by atoms with Gasteiger partial charge in [0.25, 0.3) is 0 Å². The molecule has 0 aliphatic carbocycles. The Labute approximate surface area is 199 Å². The summed E-state index contributed by atoms with van der Waals surface area (Å²) in [6, 6.07) is 15.4. The predicted octanol–water partition coefficient (Wildman–Crippen LogP) is 2.57. The highest BCUT2D eigenvalue weighted by Gasteiger charge is 2.09. The van der Waals surface area contributed by atoms with Crippen LogP contribution in [0.3, 0.4) is 0 Å². The molecule has 4 N–H and O–H groups in total. The third-order valence-corrected chi connectivity index (χ3v) is 4.76. The van der Waals surface area contributed by atoms with E-state index >= 15 is 0 Å². The highest BCUT2D eigenvalue weighted by atomic mass is 16.5. The zero-order chi connectivity index (χ0) is 24.0. The molecule has 1 aromatic heterocycles. The van der Waals surface area contributed by atoms with Crippen molar-refractivity contribution in [3.05, 3.63) is 54.1 Å². The molecule has 0 atom stereocenters. The van der Waals surface area contributed by atoms with Crippen LogP contribution in [-0.2, 0) is 16.0 Å². The van der Waals surface area contributed by atoms with Crippen molar-refractivity contribution in [2.75, 3.05) is 64.4 Å². The molecule has 3 aromatic rings. The monoisotopic (exact) mass is 468 g/mol. The fraction of sp³-hybridized carbons (Fsp3) is 0.375. The van der Waals surface area contributed by atoms with Crippen LogP contribution in [0.25, 0.3) is 11.4 Å². The lowest BCUT2D eigenvalue weighted by atomic mass is 10.2. The number of rotatable bonds is 15. The Hall–Kier alpha value is -3.47. The molecule has 0 unspecified atom stereocenters. The van der Waals surface area contributed by atoms with Crippen molar-refractivity contribution in [1.29, 1.82) is 0 Å². The maximum Gasteiger partial charge on any atom is 0.228 e. The number of aromatic nitrogens is 3. The molecule has 0 radical (unpaired) electrons. The van der Waals surface area contributed by atoms with Gasteiger partial charge >= 0.3 is 0 Å². The Morgan fingerprint density at radius 3 is 1.91 bits per heavy atom. The molecule has 0 saturated heterocycles. The van der Waals surface area contributed by atoms with E-state index < -0.39 is 0 Å². The number of anilines is 2. The maximum atomic E-state index is 5.56. The maximum absolute atomic E-state index is 5.56. The highest BCUT2D eigenvalue weighted by Crippen LogP contribution is 2.21. The van der Waals surface area contributed by atoms with Gasteiger partial charge in [-0.2, -0.15) is 15.0 Å². The summed E-state index contributed by atoms with van der Waals surface area (Å²) in [6.07, 6.45) is 0. The molecule has 10 nitrogen and oxygen atoms in total. The largest absolute Gasteiger partial charge is 0.497 e.